The van der Waals surface area contributed by atoms with E-state index in [1.54, 1.807) is 18.7 Å². The standard InChI is InChI=1S/C23H26N4O4S/c1-15-11-18(28)20(30)21(31-15)23(7-9-32-10-8-23)13-19(29)26-17(22-24-14-25-27-22)12-16-5-3-2-4-6-16/h2-6,11,14,17,30H,7-10,12-13H2,1H3,(H,26,29)(H,24,25,27). The van der Waals surface area contributed by atoms with Gasteiger partial charge in [0.1, 0.15) is 17.9 Å². The van der Waals surface area contributed by atoms with Gasteiger partial charge in [-0.1, -0.05) is 30.3 Å². The number of aromatic hydroxyl groups is 1. The van der Waals surface area contributed by atoms with E-state index in [1.165, 1.54) is 12.4 Å². The number of carbonyl (C=O) groups is 1. The molecule has 1 fully saturated rings. The lowest BCUT2D eigenvalue weighted by molar-refractivity contribution is -0.123. The van der Waals surface area contributed by atoms with Crippen molar-refractivity contribution in [3.8, 4) is 5.75 Å². The van der Waals surface area contributed by atoms with E-state index < -0.39 is 16.6 Å². The Hall–Kier alpha value is -3.07. The van der Waals surface area contributed by atoms with Gasteiger partial charge in [-0.15, -0.1) is 0 Å². The summed E-state index contributed by atoms with van der Waals surface area (Å²) >= 11 is 1.79. The number of hydrogen-bond acceptors (Lipinski definition) is 7. The predicted molar refractivity (Wildman–Crippen MR) is 122 cm³/mol. The summed E-state index contributed by atoms with van der Waals surface area (Å²) in [6.45, 7) is 1.68. The molecule has 1 saturated heterocycles. The summed E-state index contributed by atoms with van der Waals surface area (Å²) in [6.07, 6.45) is 3.34. The zero-order chi connectivity index (χ0) is 22.6. The fraction of sp³-hybridized carbons (Fsp3) is 0.391. The summed E-state index contributed by atoms with van der Waals surface area (Å²) in [5.74, 6) is 2.26. The van der Waals surface area contributed by atoms with Crippen molar-refractivity contribution in [3.05, 3.63) is 75.9 Å². The van der Waals surface area contributed by atoms with E-state index in [2.05, 4.69) is 20.5 Å². The topological polar surface area (TPSA) is 121 Å². The number of thioether (sulfide) groups is 1. The molecule has 0 bridgehead atoms. The van der Waals surface area contributed by atoms with Crippen LogP contribution in [0.5, 0.6) is 5.75 Å². The Morgan fingerprint density at radius 3 is 2.75 bits per heavy atom. The first kappa shape index (κ1) is 22.1. The third-order valence-electron chi connectivity index (χ3n) is 5.86. The summed E-state index contributed by atoms with van der Waals surface area (Å²) < 4.78 is 5.84. The molecule has 0 spiro atoms. The van der Waals surface area contributed by atoms with Crippen molar-refractivity contribution in [1.82, 2.24) is 20.5 Å². The Labute approximate surface area is 189 Å². The van der Waals surface area contributed by atoms with E-state index in [4.69, 9.17) is 4.42 Å². The van der Waals surface area contributed by atoms with Crippen LogP contribution >= 0.6 is 11.8 Å². The molecule has 3 heterocycles. The van der Waals surface area contributed by atoms with Gasteiger partial charge in [-0.25, -0.2) is 4.98 Å². The third kappa shape index (κ3) is 4.88. The van der Waals surface area contributed by atoms with E-state index in [9.17, 15) is 14.7 Å². The van der Waals surface area contributed by atoms with E-state index in [0.29, 0.717) is 30.8 Å². The van der Waals surface area contributed by atoms with Crippen molar-refractivity contribution >= 4 is 17.7 Å². The van der Waals surface area contributed by atoms with Gasteiger partial charge in [-0.2, -0.15) is 16.9 Å². The van der Waals surface area contributed by atoms with Crippen LogP contribution in [0.25, 0.3) is 0 Å². The van der Waals surface area contributed by atoms with Gasteiger partial charge in [-0.3, -0.25) is 14.7 Å². The molecule has 4 rings (SSSR count). The number of H-pyrrole nitrogens is 1. The smallest absolute Gasteiger partial charge is 0.227 e. The van der Waals surface area contributed by atoms with Gasteiger partial charge in [0.25, 0.3) is 0 Å². The van der Waals surface area contributed by atoms with Crippen LogP contribution in [0.1, 0.15) is 48.2 Å². The summed E-state index contributed by atoms with van der Waals surface area (Å²) in [7, 11) is 0. The van der Waals surface area contributed by atoms with Gasteiger partial charge in [0.15, 0.2) is 5.76 Å². The third-order valence-corrected chi connectivity index (χ3v) is 6.84. The molecule has 168 valence electrons. The number of aryl methyl sites for hydroxylation is 1. The number of nitrogens with zero attached hydrogens (tertiary/aromatic N) is 2. The molecule has 3 N–H and O–H groups in total. The summed E-state index contributed by atoms with van der Waals surface area (Å²) in [5, 5.41) is 20.4. The summed E-state index contributed by atoms with van der Waals surface area (Å²) in [5.41, 5.74) is -0.158. The zero-order valence-corrected chi connectivity index (χ0v) is 18.7. The van der Waals surface area contributed by atoms with Gasteiger partial charge in [0.2, 0.25) is 17.1 Å². The van der Waals surface area contributed by atoms with Gasteiger partial charge in [0.05, 0.1) is 6.04 Å². The van der Waals surface area contributed by atoms with Crippen molar-refractivity contribution in [2.45, 2.75) is 44.1 Å². The lowest BCUT2D eigenvalue weighted by atomic mass is 9.75. The normalized spacial score (nSPS) is 16.4. The van der Waals surface area contributed by atoms with E-state index in [1.807, 2.05) is 30.3 Å². The molecule has 1 unspecified atom stereocenters. The number of rotatable bonds is 7. The molecule has 3 aromatic rings. The second kappa shape index (κ2) is 9.60. The fourth-order valence-electron chi connectivity index (χ4n) is 4.21. The molecular formula is C23H26N4O4S. The molecule has 1 atom stereocenters. The maximum absolute atomic E-state index is 13.3. The number of benzene rings is 1. The summed E-state index contributed by atoms with van der Waals surface area (Å²) in [4.78, 5) is 29.8. The molecule has 1 aliphatic heterocycles. The first-order valence-electron chi connectivity index (χ1n) is 10.6. The minimum Gasteiger partial charge on any atom is -0.502 e. The second-order valence-corrected chi connectivity index (χ2v) is 9.37. The Morgan fingerprint density at radius 1 is 1.31 bits per heavy atom. The zero-order valence-electron chi connectivity index (χ0n) is 17.8. The fourth-order valence-corrected chi connectivity index (χ4v) is 5.48. The van der Waals surface area contributed by atoms with Crippen molar-refractivity contribution in [3.63, 3.8) is 0 Å². The van der Waals surface area contributed by atoms with Crippen LogP contribution in [0.15, 0.2) is 51.9 Å². The largest absolute Gasteiger partial charge is 0.502 e. The lowest BCUT2D eigenvalue weighted by Crippen LogP contribution is -2.40. The average Bonchev–Trinajstić information content (AvgIpc) is 3.32. The number of aromatic nitrogens is 3. The number of amides is 1. The number of aromatic amines is 1. The summed E-state index contributed by atoms with van der Waals surface area (Å²) in [6, 6.07) is 10.7. The highest BCUT2D eigenvalue weighted by molar-refractivity contribution is 7.99. The molecule has 1 aromatic carbocycles. The lowest BCUT2D eigenvalue weighted by Gasteiger charge is -2.36. The number of nitrogens with one attached hydrogen (secondary N) is 2. The van der Waals surface area contributed by atoms with Gasteiger partial charge in [-0.05, 0) is 43.3 Å². The average molecular weight is 455 g/mol. The Balaban J connectivity index is 1.60. The van der Waals surface area contributed by atoms with Crippen LogP contribution in [0.4, 0.5) is 0 Å². The van der Waals surface area contributed by atoms with Crippen LogP contribution in [-0.2, 0) is 16.6 Å². The maximum atomic E-state index is 13.3. The molecule has 0 radical (unpaired) electrons. The first-order valence-corrected chi connectivity index (χ1v) is 11.7. The highest BCUT2D eigenvalue weighted by Crippen LogP contribution is 2.44. The highest BCUT2D eigenvalue weighted by Gasteiger charge is 2.42. The Kier molecular flexibility index (Phi) is 6.64. The number of hydrogen-bond donors (Lipinski definition) is 3. The molecule has 8 nitrogen and oxygen atoms in total. The minimum atomic E-state index is -0.733. The van der Waals surface area contributed by atoms with Gasteiger partial charge >= 0.3 is 0 Å². The maximum Gasteiger partial charge on any atom is 0.227 e. The van der Waals surface area contributed by atoms with Crippen molar-refractivity contribution in [2.24, 2.45) is 0 Å². The molecule has 1 amide bonds. The van der Waals surface area contributed by atoms with Crippen LogP contribution in [0.2, 0.25) is 0 Å². The van der Waals surface area contributed by atoms with E-state index in [-0.39, 0.29) is 24.1 Å². The first-order chi connectivity index (χ1) is 15.5. The van der Waals surface area contributed by atoms with Crippen LogP contribution in [0.3, 0.4) is 0 Å². The predicted octanol–water partition coefficient (Wildman–Crippen LogP) is 3.03. The molecule has 2 aromatic heterocycles. The molecule has 0 saturated carbocycles. The second-order valence-electron chi connectivity index (χ2n) is 8.15. The van der Waals surface area contributed by atoms with Crippen molar-refractivity contribution < 1.29 is 14.3 Å². The Morgan fingerprint density at radius 2 is 2.06 bits per heavy atom. The molecule has 9 heteroatoms. The molecular weight excluding hydrogens is 428 g/mol. The molecule has 32 heavy (non-hydrogen) atoms. The Bertz CT molecular complexity index is 1110. The quantitative estimate of drug-likeness (QED) is 0.502. The molecule has 0 aliphatic carbocycles. The van der Waals surface area contributed by atoms with Crippen molar-refractivity contribution in [2.75, 3.05) is 11.5 Å². The van der Waals surface area contributed by atoms with Crippen LogP contribution < -0.4 is 10.7 Å². The van der Waals surface area contributed by atoms with E-state index >= 15 is 0 Å². The van der Waals surface area contributed by atoms with Gasteiger partial charge in [0, 0.05) is 17.9 Å². The number of carbonyl (C=O) groups excluding carboxylic acids is 1. The van der Waals surface area contributed by atoms with Crippen LogP contribution in [0, 0.1) is 6.92 Å². The van der Waals surface area contributed by atoms with Crippen LogP contribution in [-0.4, -0.2) is 37.7 Å². The minimum absolute atomic E-state index is 0.104. The monoisotopic (exact) mass is 454 g/mol. The van der Waals surface area contributed by atoms with Gasteiger partial charge < -0.3 is 14.8 Å². The SMILES string of the molecule is Cc1cc(=O)c(O)c(C2(CC(=O)NC(Cc3ccccc3)c3ncn[nH]3)CCSCC2)o1. The van der Waals surface area contributed by atoms with Crippen molar-refractivity contribution in [1.29, 1.82) is 0 Å². The highest BCUT2D eigenvalue weighted by atomic mass is 32.2. The van der Waals surface area contributed by atoms with E-state index in [0.717, 1.165) is 17.1 Å². The molecule has 1 aliphatic rings.